The summed E-state index contributed by atoms with van der Waals surface area (Å²) >= 11 is 5.97. The van der Waals surface area contributed by atoms with Crippen LogP contribution in [0, 0.1) is 0 Å². The molecule has 0 radical (unpaired) electrons. The van der Waals surface area contributed by atoms with Gasteiger partial charge < -0.3 is 11.1 Å². The van der Waals surface area contributed by atoms with E-state index in [4.69, 9.17) is 0 Å². The lowest BCUT2D eigenvalue weighted by Crippen LogP contribution is -2.03. The van der Waals surface area contributed by atoms with Crippen molar-refractivity contribution in [2.45, 2.75) is 25.7 Å². The van der Waals surface area contributed by atoms with E-state index >= 15 is 0 Å². The van der Waals surface area contributed by atoms with E-state index in [2.05, 4.69) is 36.8 Å². The molecule has 2 nitrogen and oxygen atoms in total. The second kappa shape index (κ2) is 14.9. The highest BCUT2D eigenvalue weighted by atomic mass is 32.2. The van der Waals surface area contributed by atoms with Gasteiger partial charge in [0.05, 0.1) is 0 Å². The first-order valence-corrected chi connectivity index (χ1v) is 7.17. The van der Waals surface area contributed by atoms with E-state index in [1.165, 1.54) is 30.5 Å². The van der Waals surface area contributed by atoms with Crippen LogP contribution in [-0.2, 0) is 0 Å². The highest BCUT2D eigenvalue weighted by Gasteiger charge is 2.01. The topological polar surface area (TPSA) is 38.0 Å². The number of hydrogen-bond donors (Lipinski definition) is 3. The van der Waals surface area contributed by atoms with Gasteiger partial charge in [-0.3, -0.25) is 0 Å². The van der Waals surface area contributed by atoms with Crippen molar-refractivity contribution in [3.8, 4) is 0 Å². The van der Waals surface area contributed by atoms with Gasteiger partial charge in [0, 0.05) is 12.7 Å². The zero-order valence-electron chi connectivity index (χ0n) is 10.6. The molecule has 1 fully saturated rings. The Kier molecular flexibility index (Phi) is 17.1. The van der Waals surface area contributed by atoms with Crippen molar-refractivity contribution in [1.29, 1.82) is 0 Å². The van der Waals surface area contributed by atoms with Gasteiger partial charge in [-0.1, -0.05) is 13.2 Å². The predicted molar refractivity (Wildman–Crippen MR) is 82.2 cm³/mol. The maximum Gasteiger partial charge on any atom is 0.00313 e. The van der Waals surface area contributed by atoms with E-state index < -0.39 is 0 Å². The van der Waals surface area contributed by atoms with E-state index in [0.717, 1.165) is 24.3 Å². The van der Waals surface area contributed by atoms with Crippen molar-refractivity contribution in [1.82, 2.24) is 5.32 Å². The van der Waals surface area contributed by atoms with Crippen LogP contribution in [0.5, 0.6) is 0 Å². The molecule has 0 aromatic heterocycles. The highest BCUT2D eigenvalue weighted by molar-refractivity contribution is 8.03. The van der Waals surface area contributed by atoms with Gasteiger partial charge in [0.25, 0.3) is 0 Å². The summed E-state index contributed by atoms with van der Waals surface area (Å²) in [6.07, 6.45) is 4.76. The summed E-state index contributed by atoms with van der Waals surface area (Å²) < 4.78 is 0. The Morgan fingerprint density at radius 2 is 2.19 bits per heavy atom. The Labute approximate surface area is 111 Å². The van der Waals surface area contributed by atoms with Crippen molar-refractivity contribution in [2.75, 3.05) is 25.6 Å². The lowest BCUT2D eigenvalue weighted by atomic mass is 10.3. The Morgan fingerprint density at radius 1 is 1.56 bits per heavy atom. The number of hydrogen-bond acceptors (Lipinski definition) is 4. The van der Waals surface area contributed by atoms with Crippen LogP contribution in [0.15, 0.2) is 23.8 Å². The molecule has 1 aliphatic rings. The van der Waals surface area contributed by atoms with Crippen LogP contribution < -0.4 is 11.1 Å². The quantitative estimate of drug-likeness (QED) is 0.682. The molecule has 0 spiro atoms. The number of thioether (sulfide) groups is 1. The maximum atomic E-state index is 4.50. The molecule has 1 rings (SSSR count). The molecule has 4 heteroatoms. The molecule has 0 aliphatic carbocycles. The third-order valence-corrected chi connectivity index (χ3v) is 3.32. The van der Waals surface area contributed by atoms with Gasteiger partial charge in [0.2, 0.25) is 0 Å². The smallest absolute Gasteiger partial charge is 0.00313 e. The minimum absolute atomic E-state index is 0.945. The van der Waals surface area contributed by atoms with E-state index in [0.29, 0.717) is 0 Å². The fourth-order valence-electron chi connectivity index (χ4n) is 0.975. The average molecular weight is 262 g/mol. The number of nitrogens with one attached hydrogen (secondary N) is 1. The van der Waals surface area contributed by atoms with Crippen LogP contribution in [0.4, 0.5) is 0 Å². The highest BCUT2D eigenvalue weighted by Crippen LogP contribution is 2.27. The molecule has 0 atom stereocenters. The number of rotatable bonds is 4. The molecule has 0 aromatic carbocycles. The lowest BCUT2D eigenvalue weighted by molar-refractivity contribution is 0.829. The second-order valence-electron chi connectivity index (χ2n) is 3.17. The van der Waals surface area contributed by atoms with Crippen molar-refractivity contribution in [3.05, 3.63) is 23.8 Å². The standard InChI is InChI=1S/C6H13NS.C5H8S.CH5N/c1-6(7-2)4-3-5-8;1-5-3-2-4-6-5;1-2/h7-8H,1,3-5H2,2H3;1-4H2;2H2,1H3. The van der Waals surface area contributed by atoms with E-state index in [1.807, 2.05) is 18.8 Å². The molecule has 0 unspecified atom stereocenters. The largest absolute Gasteiger partial charge is 0.392 e. The fraction of sp³-hybridized carbons (Fsp3) is 0.667. The van der Waals surface area contributed by atoms with E-state index in [9.17, 15) is 0 Å². The SMILES string of the molecule is C=C(CCCS)NC.C=C1CCCS1.CN. The van der Waals surface area contributed by atoms with Crippen LogP contribution in [0.3, 0.4) is 0 Å². The molecular weight excluding hydrogens is 236 g/mol. The van der Waals surface area contributed by atoms with Gasteiger partial charge in [-0.05, 0) is 49.1 Å². The van der Waals surface area contributed by atoms with Gasteiger partial charge in [-0.25, -0.2) is 0 Å². The summed E-state index contributed by atoms with van der Waals surface area (Å²) in [5, 5.41) is 2.97. The second-order valence-corrected chi connectivity index (χ2v) is 4.89. The Balaban J connectivity index is 0. The molecule has 0 saturated carbocycles. The van der Waals surface area contributed by atoms with Crippen LogP contribution in [0.2, 0.25) is 0 Å². The molecule has 1 saturated heterocycles. The van der Waals surface area contributed by atoms with Crippen LogP contribution >= 0.6 is 24.4 Å². The number of nitrogens with two attached hydrogens (primary N) is 1. The molecule has 0 bridgehead atoms. The molecule has 3 N–H and O–H groups in total. The number of allylic oxidation sites excluding steroid dienone is 2. The minimum atomic E-state index is 0.945. The van der Waals surface area contributed by atoms with Gasteiger partial charge >= 0.3 is 0 Å². The minimum Gasteiger partial charge on any atom is -0.392 e. The fourth-order valence-corrected chi connectivity index (χ4v) is 2.00. The number of thiol groups is 1. The van der Waals surface area contributed by atoms with E-state index in [-0.39, 0.29) is 0 Å². The Morgan fingerprint density at radius 3 is 2.44 bits per heavy atom. The van der Waals surface area contributed by atoms with Crippen molar-refractivity contribution in [2.24, 2.45) is 5.73 Å². The van der Waals surface area contributed by atoms with Gasteiger partial charge in [0.1, 0.15) is 0 Å². The Hall–Kier alpha value is -0.0600. The summed E-state index contributed by atoms with van der Waals surface area (Å²) in [5.41, 5.74) is 5.60. The first-order chi connectivity index (χ1) is 7.70. The van der Waals surface area contributed by atoms with Crippen LogP contribution in [-0.4, -0.2) is 25.6 Å². The van der Waals surface area contributed by atoms with Crippen LogP contribution in [0.25, 0.3) is 0 Å². The molecule has 0 amide bonds. The van der Waals surface area contributed by atoms with Crippen molar-refractivity contribution in [3.63, 3.8) is 0 Å². The average Bonchev–Trinajstić information content (AvgIpc) is 2.80. The predicted octanol–water partition coefficient (Wildman–Crippen LogP) is 3.03. The van der Waals surface area contributed by atoms with E-state index in [1.54, 1.807) is 0 Å². The lowest BCUT2D eigenvalue weighted by Gasteiger charge is -2.00. The zero-order valence-corrected chi connectivity index (χ0v) is 12.3. The molecular formula is C12H26N2S2. The third kappa shape index (κ3) is 13.9. The summed E-state index contributed by atoms with van der Waals surface area (Å²) in [5.74, 6) is 2.25. The first kappa shape index (κ1) is 18.3. The Bertz CT molecular complexity index is 174. The van der Waals surface area contributed by atoms with Gasteiger partial charge in [0.15, 0.2) is 0 Å². The van der Waals surface area contributed by atoms with Crippen molar-refractivity contribution < 1.29 is 0 Å². The molecule has 16 heavy (non-hydrogen) atoms. The maximum absolute atomic E-state index is 4.50. The van der Waals surface area contributed by atoms with Crippen LogP contribution in [0.1, 0.15) is 25.7 Å². The molecule has 1 heterocycles. The summed E-state index contributed by atoms with van der Waals surface area (Å²) in [7, 11) is 3.39. The summed E-state index contributed by atoms with van der Waals surface area (Å²) in [4.78, 5) is 1.37. The zero-order chi connectivity index (χ0) is 12.8. The third-order valence-electron chi connectivity index (χ3n) is 1.90. The molecule has 96 valence electrons. The summed E-state index contributed by atoms with van der Waals surface area (Å²) in [6.45, 7) is 7.58. The summed E-state index contributed by atoms with van der Waals surface area (Å²) in [6, 6.07) is 0. The van der Waals surface area contributed by atoms with Crippen molar-refractivity contribution >= 4 is 24.4 Å². The first-order valence-electron chi connectivity index (χ1n) is 5.55. The molecule has 0 aromatic rings. The van der Waals surface area contributed by atoms with Gasteiger partial charge in [-0.2, -0.15) is 12.6 Å². The van der Waals surface area contributed by atoms with Gasteiger partial charge in [-0.15, -0.1) is 11.8 Å². The monoisotopic (exact) mass is 262 g/mol. The molecule has 1 aliphatic heterocycles. The normalized spacial score (nSPS) is 13.1.